The molecule has 0 amide bonds. The Balaban J connectivity index is 0.957. The first-order valence-corrected chi connectivity index (χ1v) is 19.9. The Bertz CT molecular complexity index is 3220. The Morgan fingerprint density at radius 3 is 1.39 bits per heavy atom. The second-order valence-electron chi connectivity index (χ2n) is 14.8. The minimum atomic E-state index is 0.597. The third-order valence-electron chi connectivity index (χ3n) is 11.1. The predicted octanol–water partition coefficient (Wildman–Crippen LogP) is 15.5. The van der Waals surface area contributed by atoms with Crippen molar-refractivity contribution in [3.05, 3.63) is 218 Å². The minimum absolute atomic E-state index is 0.597. The van der Waals surface area contributed by atoms with Gasteiger partial charge in [-0.3, -0.25) is 0 Å². The first-order chi connectivity index (χ1) is 29.2. The molecule has 0 aliphatic rings. The van der Waals surface area contributed by atoms with Crippen molar-refractivity contribution < 1.29 is 8.83 Å². The number of hydrogen-bond donors (Lipinski definition) is 0. The van der Waals surface area contributed by atoms with Crippen molar-refractivity contribution in [2.24, 2.45) is 0 Å². The SMILES string of the molecule is c1ccc(-c2ccc(-c3ccc(N(c4ccc(-c5ccc6oc7ccc8nc(-c9ccccc9)oc8c7c6c5)cc4)c4cccc(-c5ccccc5)c4)cc3)cc2)cc1. The minimum Gasteiger partial charge on any atom is -0.456 e. The molecule has 0 bridgehead atoms. The van der Waals surface area contributed by atoms with Crippen molar-refractivity contribution in [3.8, 4) is 56.0 Å². The lowest BCUT2D eigenvalue weighted by Crippen LogP contribution is -2.10. The van der Waals surface area contributed by atoms with Gasteiger partial charge in [0.2, 0.25) is 5.89 Å². The van der Waals surface area contributed by atoms with Crippen LogP contribution < -0.4 is 4.90 Å². The molecule has 0 aliphatic carbocycles. The lowest BCUT2D eigenvalue weighted by Gasteiger charge is -2.26. The van der Waals surface area contributed by atoms with Crippen LogP contribution in [0.2, 0.25) is 0 Å². The molecule has 0 aliphatic heterocycles. The maximum atomic E-state index is 6.42. The lowest BCUT2D eigenvalue weighted by atomic mass is 9.99. The van der Waals surface area contributed by atoms with Gasteiger partial charge in [0, 0.05) is 28.0 Å². The molecule has 2 heterocycles. The second-order valence-corrected chi connectivity index (χ2v) is 14.8. The molecule has 0 atom stereocenters. The smallest absolute Gasteiger partial charge is 0.227 e. The quantitative estimate of drug-likeness (QED) is 0.155. The Morgan fingerprint density at radius 1 is 0.322 bits per heavy atom. The van der Waals surface area contributed by atoms with Crippen LogP contribution in [-0.4, -0.2) is 4.98 Å². The molecule has 0 unspecified atom stereocenters. The fourth-order valence-corrected chi connectivity index (χ4v) is 8.12. The highest BCUT2D eigenvalue weighted by molar-refractivity contribution is 6.17. The van der Waals surface area contributed by atoms with Gasteiger partial charge in [0.15, 0.2) is 5.58 Å². The van der Waals surface area contributed by atoms with Crippen molar-refractivity contribution in [3.63, 3.8) is 0 Å². The van der Waals surface area contributed by atoms with E-state index in [0.29, 0.717) is 5.89 Å². The molecule has 0 radical (unpaired) electrons. The largest absolute Gasteiger partial charge is 0.456 e. The van der Waals surface area contributed by atoms with Crippen LogP contribution in [0.4, 0.5) is 17.1 Å². The Kier molecular flexibility index (Phi) is 8.45. The van der Waals surface area contributed by atoms with Crippen LogP contribution in [0.25, 0.3) is 89.0 Å². The molecule has 4 nitrogen and oxygen atoms in total. The van der Waals surface area contributed by atoms with Gasteiger partial charge in [-0.1, -0.05) is 146 Å². The van der Waals surface area contributed by atoms with Gasteiger partial charge < -0.3 is 13.7 Å². The number of hydrogen-bond acceptors (Lipinski definition) is 4. The highest BCUT2D eigenvalue weighted by atomic mass is 16.4. The van der Waals surface area contributed by atoms with Gasteiger partial charge in [0.05, 0.1) is 5.39 Å². The molecular formula is C55H36N2O2. The average Bonchev–Trinajstić information content (AvgIpc) is 3.92. The van der Waals surface area contributed by atoms with Crippen molar-refractivity contribution in [2.75, 3.05) is 4.90 Å². The van der Waals surface area contributed by atoms with Crippen LogP contribution in [0.15, 0.2) is 227 Å². The van der Waals surface area contributed by atoms with Gasteiger partial charge in [0.25, 0.3) is 0 Å². The van der Waals surface area contributed by atoms with Crippen molar-refractivity contribution >= 4 is 50.1 Å². The fourth-order valence-electron chi connectivity index (χ4n) is 8.12. The zero-order chi connectivity index (χ0) is 39.1. The average molecular weight is 757 g/mol. The second kappa shape index (κ2) is 14.5. The van der Waals surface area contributed by atoms with Crippen molar-refractivity contribution in [1.29, 1.82) is 0 Å². The number of anilines is 3. The molecule has 9 aromatic carbocycles. The summed E-state index contributed by atoms with van der Waals surface area (Å²) in [6, 6.07) is 76.6. The Hall–Kier alpha value is -7.95. The zero-order valence-corrected chi connectivity index (χ0v) is 32.0. The molecule has 278 valence electrons. The maximum absolute atomic E-state index is 6.42. The van der Waals surface area contributed by atoms with E-state index in [-0.39, 0.29) is 0 Å². The summed E-state index contributed by atoms with van der Waals surface area (Å²) in [7, 11) is 0. The number of nitrogens with zero attached hydrogens (tertiary/aromatic N) is 2. The summed E-state index contributed by atoms with van der Waals surface area (Å²) >= 11 is 0. The molecule has 11 aromatic rings. The van der Waals surface area contributed by atoms with E-state index in [2.05, 4.69) is 181 Å². The molecular weight excluding hydrogens is 721 g/mol. The van der Waals surface area contributed by atoms with Crippen LogP contribution in [0.1, 0.15) is 0 Å². The van der Waals surface area contributed by atoms with Gasteiger partial charge in [-0.15, -0.1) is 0 Å². The van der Waals surface area contributed by atoms with E-state index in [1.54, 1.807) is 0 Å². The fraction of sp³-hybridized carbons (Fsp3) is 0. The van der Waals surface area contributed by atoms with E-state index >= 15 is 0 Å². The summed E-state index contributed by atoms with van der Waals surface area (Å²) in [4.78, 5) is 7.15. The molecule has 0 saturated heterocycles. The number of oxazole rings is 1. The molecule has 2 aromatic heterocycles. The van der Waals surface area contributed by atoms with Crippen molar-refractivity contribution in [1.82, 2.24) is 4.98 Å². The molecule has 0 fully saturated rings. The van der Waals surface area contributed by atoms with Crippen LogP contribution >= 0.6 is 0 Å². The molecule has 0 spiro atoms. The summed E-state index contributed by atoms with van der Waals surface area (Å²) in [5, 5.41) is 1.93. The Morgan fingerprint density at radius 2 is 0.780 bits per heavy atom. The highest BCUT2D eigenvalue weighted by Crippen LogP contribution is 2.41. The Labute approximate surface area is 341 Å². The molecule has 0 saturated carbocycles. The van der Waals surface area contributed by atoms with Crippen LogP contribution in [-0.2, 0) is 0 Å². The number of benzene rings is 9. The van der Waals surface area contributed by atoms with E-state index in [1.807, 2.05) is 42.5 Å². The molecule has 59 heavy (non-hydrogen) atoms. The molecule has 4 heteroatoms. The van der Waals surface area contributed by atoms with Gasteiger partial charge >= 0.3 is 0 Å². The number of fused-ring (bicyclic) bond motifs is 5. The molecule has 11 rings (SSSR count). The summed E-state index contributed by atoms with van der Waals surface area (Å²) in [6.45, 7) is 0. The van der Waals surface area contributed by atoms with E-state index in [1.165, 1.54) is 27.8 Å². The highest BCUT2D eigenvalue weighted by Gasteiger charge is 2.18. The first kappa shape index (κ1) is 34.3. The van der Waals surface area contributed by atoms with E-state index < -0.39 is 0 Å². The normalized spacial score (nSPS) is 11.4. The number of aromatic nitrogens is 1. The standard InChI is InChI=1S/C55H36N2O2/c1-4-11-37(12-5-1)39-19-21-40(22-20-39)41-23-28-46(29-24-41)57(48-18-10-17-44(35-48)38-13-6-2-7-14-38)47-30-25-42(26-31-47)45-27-33-51-49(36-45)53-52(58-51)34-32-50-54(53)59-55(56-50)43-15-8-3-9-16-43/h1-36H. The third-order valence-corrected chi connectivity index (χ3v) is 11.1. The maximum Gasteiger partial charge on any atom is 0.227 e. The topological polar surface area (TPSA) is 42.4 Å². The van der Waals surface area contributed by atoms with Crippen LogP contribution in [0, 0.1) is 0 Å². The summed E-state index contributed by atoms with van der Waals surface area (Å²) in [6.07, 6.45) is 0. The monoisotopic (exact) mass is 756 g/mol. The van der Waals surface area contributed by atoms with Crippen LogP contribution in [0.3, 0.4) is 0 Å². The summed E-state index contributed by atoms with van der Waals surface area (Å²) in [5.74, 6) is 0.597. The predicted molar refractivity (Wildman–Crippen MR) is 243 cm³/mol. The summed E-state index contributed by atoms with van der Waals surface area (Å²) in [5.41, 5.74) is 16.6. The number of furan rings is 1. The van der Waals surface area contributed by atoms with E-state index in [4.69, 9.17) is 13.8 Å². The lowest BCUT2D eigenvalue weighted by molar-refractivity contribution is 0.622. The zero-order valence-electron chi connectivity index (χ0n) is 32.0. The van der Waals surface area contributed by atoms with Crippen molar-refractivity contribution in [2.45, 2.75) is 0 Å². The van der Waals surface area contributed by atoms with Gasteiger partial charge in [-0.2, -0.15) is 0 Å². The van der Waals surface area contributed by atoms with E-state index in [9.17, 15) is 0 Å². The number of rotatable bonds is 8. The molecule has 0 N–H and O–H groups in total. The van der Waals surface area contributed by atoms with Gasteiger partial charge in [-0.25, -0.2) is 4.98 Å². The summed E-state index contributed by atoms with van der Waals surface area (Å²) < 4.78 is 12.7. The first-order valence-electron chi connectivity index (χ1n) is 19.9. The third kappa shape index (κ3) is 6.43. The van der Waals surface area contributed by atoms with Gasteiger partial charge in [0.1, 0.15) is 16.7 Å². The van der Waals surface area contributed by atoms with E-state index in [0.717, 1.165) is 72.4 Å². The van der Waals surface area contributed by atoms with Crippen LogP contribution in [0.5, 0.6) is 0 Å². The van der Waals surface area contributed by atoms with Gasteiger partial charge in [-0.05, 0) is 117 Å².